The summed E-state index contributed by atoms with van der Waals surface area (Å²) in [5.41, 5.74) is 5.36. The van der Waals surface area contributed by atoms with Gasteiger partial charge in [0, 0.05) is 19.6 Å². The smallest absolute Gasteiger partial charge is 0.457 e. The second-order valence-corrected chi connectivity index (χ2v) is 15.3. The Kier molecular flexibility index (Phi) is 40.5. The molecule has 2 unspecified atom stereocenters. The van der Waals surface area contributed by atoms with E-state index in [1.165, 1.54) is 64.2 Å². The predicted octanol–water partition coefficient (Wildman–Crippen LogP) is 12.7. The van der Waals surface area contributed by atoms with Crippen molar-refractivity contribution < 1.29 is 32.8 Å². The van der Waals surface area contributed by atoms with Crippen molar-refractivity contribution in [1.29, 1.82) is 0 Å². The second kappa shape index (κ2) is 42.1. The fourth-order valence-corrected chi connectivity index (χ4v) is 6.25. The summed E-state index contributed by atoms with van der Waals surface area (Å²) >= 11 is 0. The number of rotatable bonds is 40. The first-order chi connectivity index (χ1) is 26.4. The van der Waals surface area contributed by atoms with Crippen LogP contribution in [0.4, 0.5) is 0 Å². The maximum atomic E-state index is 12.6. The maximum absolute atomic E-state index is 12.6. The SMILES string of the molecule is CC/C=C\C/C=C\C/C=C\C/C=C\C/C=C\CCCCCCCC(=O)OC(COCCCCCCCC/C=C\CCCCCC)COP(=O)(O)OCCN. The molecule has 3 N–H and O–H groups in total. The largest absolute Gasteiger partial charge is 0.472 e. The highest BCUT2D eigenvalue weighted by molar-refractivity contribution is 7.47. The number of phosphoric acid groups is 1. The van der Waals surface area contributed by atoms with Crippen LogP contribution in [0.3, 0.4) is 0 Å². The molecule has 8 nitrogen and oxygen atoms in total. The van der Waals surface area contributed by atoms with E-state index in [9.17, 15) is 14.3 Å². The highest BCUT2D eigenvalue weighted by atomic mass is 31.2. The van der Waals surface area contributed by atoms with E-state index in [0.29, 0.717) is 13.0 Å². The monoisotopic (exact) mass is 778 g/mol. The average Bonchev–Trinajstić information content (AvgIpc) is 3.16. The van der Waals surface area contributed by atoms with Crippen LogP contribution in [0.25, 0.3) is 0 Å². The molecule has 0 fully saturated rings. The van der Waals surface area contributed by atoms with Crippen LogP contribution in [-0.4, -0.2) is 49.9 Å². The molecule has 0 amide bonds. The van der Waals surface area contributed by atoms with E-state index in [-0.39, 0.29) is 32.3 Å². The second-order valence-electron chi connectivity index (χ2n) is 13.8. The Morgan fingerprint density at radius 1 is 0.574 bits per heavy atom. The number of nitrogens with two attached hydrogens (primary N) is 1. The lowest BCUT2D eigenvalue weighted by Crippen LogP contribution is -2.28. The third kappa shape index (κ3) is 41.1. The minimum absolute atomic E-state index is 0.0923. The van der Waals surface area contributed by atoms with E-state index in [1.54, 1.807) is 0 Å². The van der Waals surface area contributed by atoms with Gasteiger partial charge in [0.05, 0.1) is 19.8 Å². The molecular formula is C45H80NO7P. The molecule has 0 bridgehead atoms. The van der Waals surface area contributed by atoms with Gasteiger partial charge in [0.1, 0.15) is 6.10 Å². The number of unbranched alkanes of at least 4 members (excludes halogenated alkanes) is 15. The molecule has 0 aromatic carbocycles. The lowest BCUT2D eigenvalue weighted by molar-refractivity contribution is -0.154. The molecule has 0 aliphatic heterocycles. The Hall–Kier alpha value is -2.06. The van der Waals surface area contributed by atoms with Crippen molar-refractivity contribution in [3.05, 3.63) is 72.9 Å². The summed E-state index contributed by atoms with van der Waals surface area (Å²) < 4.78 is 33.4. The van der Waals surface area contributed by atoms with Crippen LogP contribution < -0.4 is 5.73 Å². The van der Waals surface area contributed by atoms with Gasteiger partial charge in [0.25, 0.3) is 0 Å². The maximum Gasteiger partial charge on any atom is 0.472 e. The van der Waals surface area contributed by atoms with E-state index in [0.717, 1.165) is 83.5 Å². The van der Waals surface area contributed by atoms with Crippen molar-refractivity contribution in [3.8, 4) is 0 Å². The molecule has 2 atom stereocenters. The first-order valence-electron chi connectivity index (χ1n) is 21.4. The molecule has 0 aromatic heterocycles. The lowest BCUT2D eigenvalue weighted by Gasteiger charge is -2.20. The zero-order valence-corrected chi connectivity index (χ0v) is 35.3. The number of carbonyl (C=O) groups is 1. The molecule has 0 heterocycles. The van der Waals surface area contributed by atoms with E-state index in [2.05, 4.69) is 86.8 Å². The van der Waals surface area contributed by atoms with Crippen LogP contribution in [0.5, 0.6) is 0 Å². The molecular weight excluding hydrogens is 697 g/mol. The fraction of sp³-hybridized carbons (Fsp3) is 0.711. The van der Waals surface area contributed by atoms with Gasteiger partial charge in [0.15, 0.2) is 0 Å². The number of allylic oxidation sites excluding steroid dienone is 12. The molecule has 0 saturated heterocycles. The Balaban J connectivity index is 4.11. The van der Waals surface area contributed by atoms with Crippen molar-refractivity contribution in [2.24, 2.45) is 5.73 Å². The summed E-state index contributed by atoms with van der Waals surface area (Å²) in [6, 6.07) is 0. The normalized spacial score (nSPS) is 14.2. The molecule has 0 spiro atoms. The van der Waals surface area contributed by atoms with Gasteiger partial charge in [-0.05, 0) is 83.5 Å². The van der Waals surface area contributed by atoms with Crippen molar-refractivity contribution in [3.63, 3.8) is 0 Å². The summed E-state index contributed by atoms with van der Waals surface area (Å²) in [5.74, 6) is -0.354. The zero-order chi connectivity index (χ0) is 39.5. The van der Waals surface area contributed by atoms with Gasteiger partial charge in [-0.1, -0.05) is 151 Å². The lowest BCUT2D eigenvalue weighted by atomic mass is 10.1. The van der Waals surface area contributed by atoms with Gasteiger partial charge in [-0.2, -0.15) is 0 Å². The topological polar surface area (TPSA) is 117 Å². The van der Waals surface area contributed by atoms with E-state index in [4.69, 9.17) is 24.3 Å². The van der Waals surface area contributed by atoms with Gasteiger partial charge >= 0.3 is 13.8 Å². The highest BCUT2D eigenvalue weighted by Gasteiger charge is 2.25. The van der Waals surface area contributed by atoms with Crippen molar-refractivity contribution in [1.82, 2.24) is 0 Å². The molecule has 54 heavy (non-hydrogen) atoms. The summed E-state index contributed by atoms with van der Waals surface area (Å²) in [6.07, 6.45) is 52.0. The van der Waals surface area contributed by atoms with Gasteiger partial charge in [0.2, 0.25) is 0 Å². The molecule has 0 saturated carbocycles. The third-order valence-corrected chi connectivity index (χ3v) is 9.59. The molecule has 312 valence electrons. The van der Waals surface area contributed by atoms with Gasteiger partial charge in [-0.3, -0.25) is 13.8 Å². The van der Waals surface area contributed by atoms with E-state index in [1.807, 2.05) is 0 Å². The van der Waals surface area contributed by atoms with Crippen molar-refractivity contribution in [2.45, 2.75) is 174 Å². The molecule has 0 aromatic rings. The number of phosphoric ester groups is 1. The Bertz CT molecular complexity index is 1050. The molecule has 0 radical (unpaired) electrons. The zero-order valence-electron chi connectivity index (χ0n) is 34.4. The summed E-state index contributed by atoms with van der Waals surface area (Å²) in [5, 5.41) is 0. The first-order valence-corrected chi connectivity index (χ1v) is 22.9. The van der Waals surface area contributed by atoms with E-state index < -0.39 is 13.9 Å². The number of hydrogen-bond donors (Lipinski definition) is 2. The quantitative estimate of drug-likeness (QED) is 0.0273. The number of esters is 1. The minimum atomic E-state index is -4.29. The van der Waals surface area contributed by atoms with Crippen LogP contribution >= 0.6 is 7.82 Å². The van der Waals surface area contributed by atoms with Crippen LogP contribution in [0.1, 0.15) is 168 Å². The van der Waals surface area contributed by atoms with Crippen LogP contribution in [0, 0.1) is 0 Å². The summed E-state index contributed by atoms with van der Waals surface area (Å²) in [7, 11) is -4.29. The average molecular weight is 778 g/mol. The fourth-order valence-electron chi connectivity index (χ4n) is 5.49. The Morgan fingerprint density at radius 2 is 1.04 bits per heavy atom. The Morgan fingerprint density at radius 3 is 1.57 bits per heavy atom. The molecule has 0 aliphatic carbocycles. The van der Waals surface area contributed by atoms with Gasteiger partial charge in [-0.15, -0.1) is 0 Å². The van der Waals surface area contributed by atoms with E-state index >= 15 is 0 Å². The summed E-state index contributed by atoms with van der Waals surface area (Å²) in [4.78, 5) is 22.5. The van der Waals surface area contributed by atoms with Crippen LogP contribution in [-0.2, 0) is 27.9 Å². The van der Waals surface area contributed by atoms with Crippen molar-refractivity contribution >= 4 is 13.8 Å². The summed E-state index contributed by atoms with van der Waals surface area (Å²) in [6.45, 7) is 4.74. The number of hydrogen-bond acceptors (Lipinski definition) is 7. The number of carbonyl (C=O) groups excluding carboxylic acids is 1. The minimum Gasteiger partial charge on any atom is -0.457 e. The molecule has 0 aliphatic rings. The first kappa shape index (κ1) is 51.9. The van der Waals surface area contributed by atoms with Gasteiger partial charge < -0.3 is 20.1 Å². The molecule has 9 heteroatoms. The Labute approximate surface area is 331 Å². The standard InChI is InChI=1S/C45H80NO7P/c1-3-5-7-9-11-13-15-17-19-20-21-22-23-24-25-26-28-30-32-34-36-38-45(47)53-44(43-52-54(48,49)51-41-39-46)42-50-40-37-35-33-31-29-27-18-16-14-12-10-8-6-4-2/h5,7,11,13-14,16-17,19,21-22,24-25,44H,3-4,6,8-10,12,15,18,20,23,26-43,46H2,1-2H3,(H,48,49)/b7-5-,13-11-,16-14-,19-17-,22-21-,25-24-. The van der Waals surface area contributed by atoms with Crippen LogP contribution in [0.15, 0.2) is 72.9 Å². The highest BCUT2D eigenvalue weighted by Crippen LogP contribution is 2.43. The third-order valence-electron chi connectivity index (χ3n) is 8.61. The van der Waals surface area contributed by atoms with Gasteiger partial charge in [-0.25, -0.2) is 4.57 Å². The molecule has 0 rings (SSSR count). The number of ether oxygens (including phenoxy) is 2. The predicted molar refractivity (Wildman–Crippen MR) is 228 cm³/mol. The van der Waals surface area contributed by atoms with Crippen molar-refractivity contribution in [2.75, 3.05) is 33.0 Å². The van der Waals surface area contributed by atoms with Crippen LogP contribution in [0.2, 0.25) is 0 Å².